The predicted octanol–water partition coefficient (Wildman–Crippen LogP) is 4.19. The summed E-state index contributed by atoms with van der Waals surface area (Å²) in [7, 11) is 1.90. The number of anilines is 1. The van der Waals surface area contributed by atoms with Crippen molar-refractivity contribution >= 4 is 17.4 Å². The maximum atomic E-state index is 6.20. The summed E-state index contributed by atoms with van der Waals surface area (Å²) < 4.78 is 0. The van der Waals surface area contributed by atoms with E-state index in [1.165, 1.54) is 5.56 Å². The van der Waals surface area contributed by atoms with Crippen LogP contribution in [0.1, 0.15) is 42.4 Å². The zero-order chi connectivity index (χ0) is 14.7. The molecule has 0 unspecified atom stereocenters. The Kier molecular flexibility index (Phi) is 4.61. The van der Waals surface area contributed by atoms with Crippen molar-refractivity contribution in [3.63, 3.8) is 0 Å². The van der Waals surface area contributed by atoms with Crippen molar-refractivity contribution in [2.24, 2.45) is 0 Å². The first-order valence-corrected chi connectivity index (χ1v) is 7.19. The molecule has 0 aliphatic carbocycles. The molecular formula is C16H20ClN3. The van der Waals surface area contributed by atoms with Crippen LogP contribution in [0.25, 0.3) is 0 Å². The van der Waals surface area contributed by atoms with Crippen LogP contribution in [-0.2, 0) is 6.42 Å². The van der Waals surface area contributed by atoms with E-state index in [9.17, 15) is 0 Å². The van der Waals surface area contributed by atoms with E-state index in [1.54, 1.807) is 0 Å². The topological polar surface area (TPSA) is 37.8 Å². The molecular weight excluding hydrogens is 270 g/mol. The Morgan fingerprint density at radius 1 is 1.20 bits per heavy atom. The minimum Gasteiger partial charge on any atom is -0.373 e. The number of benzene rings is 1. The van der Waals surface area contributed by atoms with Crippen molar-refractivity contribution in [3.8, 4) is 0 Å². The maximum Gasteiger partial charge on any atom is 0.135 e. The SMILES string of the molecule is CNc1nc(Cc2ccccc2Cl)nc(C)c1C(C)C. The standard InChI is InChI=1S/C16H20ClN3/c1-10(2)15-11(3)19-14(20-16(15)18-4)9-12-7-5-6-8-13(12)17/h5-8,10H,9H2,1-4H3,(H,18,19,20). The molecule has 20 heavy (non-hydrogen) atoms. The molecule has 1 aromatic heterocycles. The Morgan fingerprint density at radius 2 is 1.90 bits per heavy atom. The first-order valence-electron chi connectivity index (χ1n) is 6.81. The summed E-state index contributed by atoms with van der Waals surface area (Å²) in [5.41, 5.74) is 3.25. The van der Waals surface area contributed by atoms with Crippen molar-refractivity contribution in [2.75, 3.05) is 12.4 Å². The number of halogens is 1. The third kappa shape index (κ3) is 3.10. The molecule has 0 aliphatic rings. The van der Waals surface area contributed by atoms with Crippen LogP contribution in [0.3, 0.4) is 0 Å². The van der Waals surface area contributed by atoms with Crippen molar-refractivity contribution in [2.45, 2.75) is 33.1 Å². The number of aryl methyl sites for hydroxylation is 1. The quantitative estimate of drug-likeness (QED) is 0.917. The van der Waals surface area contributed by atoms with E-state index in [2.05, 4.69) is 29.1 Å². The highest BCUT2D eigenvalue weighted by atomic mass is 35.5. The fraction of sp³-hybridized carbons (Fsp3) is 0.375. The monoisotopic (exact) mass is 289 g/mol. The summed E-state index contributed by atoms with van der Waals surface area (Å²) in [5, 5.41) is 3.93. The number of nitrogens with one attached hydrogen (secondary N) is 1. The molecule has 0 atom stereocenters. The second-order valence-electron chi connectivity index (χ2n) is 5.16. The van der Waals surface area contributed by atoms with Crippen molar-refractivity contribution in [1.82, 2.24) is 9.97 Å². The average molecular weight is 290 g/mol. The number of hydrogen-bond donors (Lipinski definition) is 1. The van der Waals surface area contributed by atoms with E-state index in [0.29, 0.717) is 12.3 Å². The minimum absolute atomic E-state index is 0.395. The lowest BCUT2D eigenvalue weighted by molar-refractivity contribution is 0.814. The molecule has 0 fully saturated rings. The molecule has 3 nitrogen and oxygen atoms in total. The van der Waals surface area contributed by atoms with Crippen LogP contribution in [0.15, 0.2) is 24.3 Å². The molecule has 0 radical (unpaired) electrons. The normalized spacial score (nSPS) is 10.9. The molecule has 2 aromatic rings. The second-order valence-corrected chi connectivity index (χ2v) is 5.57. The highest BCUT2D eigenvalue weighted by Gasteiger charge is 2.14. The second kappa shape index (κ2) is 6.23. The smallest absolute Gasteiger partial charge is 0.135 e. The maximum absolute atomic E-state index is 6.20. The van der Waals surface area contributed by atoms with Gasteiger partial charge in [0, 0.05) is 29.7 Å². The van der Waals surface area contributed by atoms with Gasteiger partial charge < -0.3 is 5.32 Å². The van der Waals surface area contributed by atoms with E-state index in [0.717, 1.165) is 27.9 Å². The van der Waals surface area contributed by atoms with Gasteiger partial charge in [-0.05, 0) is 24.5 Å². The lowest BCUT2D eigenvalue weighted by atomic mass is 10.0. The molecule has 1 heterocycles. The number of aromatic nitrogens is 2. The van der Waals surface area contributed by atoms with E-state index in [4.69, 9.17) is 11.6 Å². The van der Waals surface area contributed by atoms with Gasteiger partial charge in [0.2, 0.25) is 0 Å². The van der Waals surface area contributed by atoms with E-state index >= 15 is 0 Å². The largest absolute Gasteiger partial charge is 0.373 e. The van der Waals surface area contributed by atoms with Crippen molar-refractivity contribution < 1.29 is 0 Å². The zero-order valence-corrected chi connectivity index (χ0v) is 13.1. The number of hydrogen-bond acceptors (Lipinski definition) is 3. The molecule has 1 aromatic carbocycles. The Morgan fingerprint density at radius 3 is 2.50 bits per heavy atom. The molecule has 0 saturated carbocycles. The lowest BCUT2D eigenvalue weighted by Crippen LogP contribution is -2.09. The lowest BCUT2D eigenvalue weighted by Gasteiger charge is -2.15. The van der Waals surface area contributed by atoms with Crippen LogP contribution in [-0.4, -0.2) is 17.0 Å². The van der Waals surface area contributed by atoms with Gasteiger partial charge in [-0.15, -0.1) is 0 Å². The first kappa shape index (κ1) is 14.8. The molecule has 4 heteroatoms. The highest BCUT2D eigenvalue weighted by molar-refractivity contribution is 6.31. The summed E-state index contributed by atoms with van der Waals surface area (Å²) in [5.74, 6) is 2.10. The summed E-state index contributed by atoms with van der Waals surface area (Å²) in [6.45, 7) is 6.34. The Balaban J connectivity index is 2.39. The molecule has 1 N–H and O–H groups in total. The molecule has 0 amide bonds. The van der Waals surface area contributed by atoms with Crippen molar-refractivity contribution in [3.05, 3.63) is 51.9 Å². The number of nitrogens with zero attached hydrogens (tertiary/aromatic N) is 2. The van der Waals surface area contributed by atoms with Gasteiger partial charge in [0.05, 0.1) is 0 Å². The Bertz CT molecular complexity index is 609. The van der Waals surface area contributed by atoms with Crippen LogP contribution in [0.2, 0.25) is 5.02 Å². The van der Waals surface area contributed by atoms with Crippen LogP contribution in [0, 0.1) is 6.92 Å². The van der Waals surface area contributed by atoms with Gasteiger partial charge in [0.1, 0.15) is 11.6 Å². The van der Waals surface area contributed by atoms with Gasteiger partial charge in [0.25, 0.3) is 0 Å². The highest BCUT2D eigenvalue weighted by Crippen LogP contribution is 2.26. The van der Waals surface area contributed by atoms with E-state index in [1.807, 2.05) is 38.2 Å². The fourth-order valence-electron chi connectivity index (χ4n) is 2.41. The zero-order valence-electron chi connectivity index (χ0n) is 12.4. The molecule has 2 rings (SSSR count). The predicted molar refractivity (Wildman–Crippen MR) is 84.7 cm³/mol. The van der Waals surface area contributed by atoms with Gasteiger partial charge in [-0.2, -0.15) is 0 Å². The van der Waals surface area contributed by atoms with Crippen LogP contribution in [0.5, 0.6) is 0 Å². The molecule has 0 saturated heterocycles. The summed E-state index contributed by atoms with van der Waals surface area (Å²) in [4.78, 5) is 9.26. The Labute approximate surface area is 125 Å². The first-order chi connectivity index (χ1) is 9.52. The average Bonchev–Trinajstić information content (AvgIpc) is 2.40. The molecule has 0 aliphatic heterocycles. The van der Waals surface area contributed by atoms with E-state index in [-0.39, 0.29) is 0 Å². The summed E-state index contributed by atoms with van der Waals surface area (Å²) in [6.07, 6.45) is 0.646. The van der Waals surface area contributed by atoms with Gasteiger partial charge in [0.15, 0.2) is 0 Å². The Hall–Kier alpha value is -1.61. The summed E-state index contributed by atoms with van der Waals surface area (Å²) in [6, 6.07) is 7.82. The number of rotatable bonds is 4. The van der Waals surface area contributed by atoms with Gasteiger partial charge in [-0.25, -0.2) is 9.97 Å². The fourth-order valence-corrected chi connectivity index (χ4v) is 2.61. The summed E-state index contributed by atoms with van der Waals surface area (Å²) >= 11 is 6.20. The van der Waals surface area contributed by atoms with Crippen LogP contribution in [0.4, 0.5) is 5.82 Å². The third-order valence-corrected chi connectivity index (χ3v) is 3.67. The van der Waals surface area contributed by atoms with Crippen LogP contribution < -0.4 is 5.32 Å². The molecule has 106 valence electrons. The van der Waals surface area contributed by atoms with Crippen LogP contribution >= 0.6 is 11.6 Å². The molecule has 0 spiro atoms. The molecule has 0 bridgehead atoms. The van der Waals surface area contributed by atoms with E-state index < -0.39 is 0 Å². The minimum atomic E-state index is 0.395. The third-order valence-electron chi connectivity index (χ3n) is 3.30. The van der Waals surface area contributed by atoms with Gasteiger partial charge in [-0.1, -0.05) is 43.6 Å². The van der Waals surface area contributed by atoms with Crippen molar-refractivity contribution in [1.29, 1.82) is 0 Å². The van der Waals surface area contributed by atoms with Gasteiger partial charge in [-0.3, -0.25) is 0 Å². The van der Waals surface area contributed by atoms with Gasteiger partial charge >= 0.3 is 0 Å².